The van der Waals surface area contributed by atoms with Crippen LogP contribution in [-0.4, -0.2) is 24.9 Å². The molecule has 0 unspecified atom stereocenters. The number of nitrogens with zero attached hydrogens (tertiary/aromatic N) is 2. The van der Waals surface area contributed by atoms with E-state index < -0.39 is 0 Å². The Morgan fingerprint density at radius 1 is 0.735 bits per heavy atom. The summed E-state index contributed by atoms with van der Waals surface area (Å²) in [7, 11) is 0. The Balaban J connectivity index is 1.47. The molecular weight excluding hydrogens is 422 g/mol. The minimum absolute atomic E-state index is 0.307. The van der Waals surface area contributed by atoms with E-state index in [-0.39, 0.29) is 11.8 Å². The van der Waals surface area contributed by atoms with Gasteiger partial charge >= 0.3 is 0 Å². The fraction of sp³-hybridized carbons (Fsp3) is 0.241. The summed E-state index contributed by atoms with van der Waals surface area (Å²) in [5.41, 5.74) is 5.14. The first-order chi connectivity index (χ1) is 16.7. The van der Waals surface area contributed by atoms with Crippen LogP contribution in [0.15, 0.2) is 84.6 Å². The van der Waals surface area contributed by atoms with Crippen molar-refractivity contribution < 1.29 is 9.59 Å². The zero-order valence-corrected chi connectivity index (χ0v) is 19.5. The molecule has 1 saturated heterocycles. The molecule has 2 aliphatic heterocycles. The van der Waals surface area contributed by atoms with E-state index in [4.69, 9.17) is 0 Å². The van der Waals surface area contributed by atoms with Gasteiger partial charge in [0.15, 0.2) is 0 Å². The molecule has 3 aromatic carbocycles. The average molecular weight is 452 g/mol. The van der Waals surface area contributed by atoms with E-state index in [9.17, 15) is 9.59 Å². The second-order valence-corrected chi connectivity index (χ2v) is 8.80. The molecule has 2 aliphatic rings. The number of piperidine rings is 1. The zero-order valence-electron chi connectivity index (χ0n) is 19.5. The van der Waals surface area contributed by atoms with Gasteiger partial charge in [0, 0.05) is 24.5 Å². The van der Waals surface area contributed by atoms with Gasteiger partial charge in [-0.3, -0.25) is 9.59 Å². The highest BCUT2D eigenvalue weighted by atomic mass is 16.2. The van der Waals surface area contributed by atoms with Crippen molar-refractivity contribution in [2.45, 2.75) is 32.6 Å². The molecule has 5 nitrogen and oxygen atoms in total. The van der Waals surface area contributed by atoms with E-state index in [1.807, 2.05) is 66.7 Å². The lowest BCUT2D eigenvalue weighted by Gasteiger charge is -2.28. The smallest absolute Gasteiger partial charge is 0.282 e. The lowest BCUT2D eigenvalue weighted by atomic mass is 10.0. The van der Waals surface area contributed by atoms with Crippen LogP contribution < -0.4 is 15.1 Å². The number of anilines is 3. The van der Waals surface area contributed by atoms with Crippen molar-refractivity contribution in [3.8, 4) is 0 Å². The predicted octanol–water partition coefficient (Wildman–Crippen LogP) is 5.64. The van der Waals surface area contributed by atoms with Crippen LogP contribution >= 0.6 is 0 Å². The number of hydrogen-bond acceptors (Lipinski definition) is 4. The van der Waals surface area contributed by atoms with Crippen LogP contribution in [0.2, 0.25) is 0 Å². The number of benzene rings is 3. The van der Waals surface area contributed by atoms with Crippen LogP contribution in [0.4, 0.5) is 17.1 Å². The first-order valence-electron chi connectivity index (χ1n) is 12.0. The highest BCUT2D eigenvalue weighted by Gasteiger charge is 2.40. The van der Waals surface area contributed by atoms with Gasteiger partial charge in [-0.2, -0.15) is 0 Å². The SMILES string of the molecule is CCc1ccc(N2C(=O)C(Nc3ccc(N4CCCCC4)cc3)=C(c3ccccc3)C2=O)cc1. The number of nitrogens with one attached hydrogen (secondary N) is 1. The van der Waals surface area contributed by atoms with E-state index >= 15 is 0 Å². The quantitative estimate of drug-likeness (QED) is 0.493. The topological polar surface area (TPSA) is 52.7 Å². The Morgan fingerprint density at radius 2 is 1.38 bits per heavy atom. The van der Waals surface area contributed by atoms with Crippen molar-refractivity contribution in [2.75, 3.05) is 28.2 Å². The molecule has 0 aromatic heterocycles. The van der Waals surface area contributed by atoms with Crippen LogP contribution in [0, 0.1) is 0 Å². The van der Waals surface area contributed by atoms with Crippen molar-refractivity contribution in [2.24, 2.45) is 0 Å². The standard InChI is InChI=1S/C29H29N3O2/c1-2-21-11-15-25(16-12-21)32-28(33)26(22-9-5-3-6-10-22)27(29(32)34)30-23-13-17-24(18-14-23)31-19-7-4-8-20-31/h3,5-6,9-18,30H,2,4,7-8,19-20H2,1H3. The van der Waals surface area contributed by atoms with Gasteiger partial charge in [-0.1, -0.05) is 49.4 Å². The number of carbonyl (C=O) groups is 2. The van der Waals surface area contributed by atoms with Crippen molar-refractivity contribution in [1.82, 2.24) is 0 Å². The van der Waals surface area contributed by atoms with Gasteiger partial charge in [-0.25, -0.2) is 4.90 Å². The van der Waals surface area contributed by atoms with Crippen molar-refractivity contribution in [3.63, 3.8) is 0 Å². The lowest BCUT2D eigenvalue weighted by Crippen LogP contribution is -2.32. The molecule has 0 saturated carbocycles. The maximum atomic E-state index is 13.5. The summed E-state index contributed by atoms with van der Waals surface area (Å²) in [4.78, 5) is 30.7. The van der Waals surface area contributed by atoms with Crippen LogP contribution in [0.25, 0.3) is 5.57 Å². The molecule has 5 rings (SSSR count). The molecule has 34 heavy (non-hydrogen) atoms. The number of imide groups is 1. The summed E-state index contributed by atoms with van der Waals surface area (Å²) in [6.45, 7) is 4.23. The number of amides is 2. The van der Waals surface area contributed by atoms with Crippen molar-refractivity contribution in [1.29, 1.82) is 0 Å². The van der Waals surface area contributed by atoms with Gasteiger partial charge in [0.25, 0.3) is 11.8 Å². The molecule has 5 heteroatoms. The molecule has 0 aliphatic carbocycles. The second-order valence-electron chi connectivity index (χ2n) is 8.80. The van der Waals surface area contributed by atoms with E-state index in [1.54, 1.807) is 0 Å². The third kappa shape index (κ3) is 4.21. The number of hydrogen-bond donors (Lipinski definition) is 1. The van der Waals surface area contributed by atoms with Gasteiger partial charge in [0.1, 0.15) is 5.70 Å². The molecule has 0 radical (unpaired) electrons. The number of aryl methyl sites for hydroxylation is 1. The summed E-state index contributed by atoms with van der Waals surface area (Å²) in [5.74, 6) is -0.652. The van der Waals surface area contributed by atoms with Gasteiger partial charge in [0.05, 0.1) is 11.3 Å². The van der Waals surface area contributed by atoms with E-state index in [2.05, 4.69) is 29.3 Å². The number of carbonyl (C=O) groups excluding carboxylic acids is 2. The van der Waals surface area contributed by atoms with Crippen LogP contribution in [0.1, 0.15) is 37.3 Å². The summed E-state index contributed by atoms with van der Waals surface area (Å²) in [5, 5.41) is 3.27. The van der Waals surface area contributed by atoms with E-state index in [1.165, 1.54) is 29.8 Å². The Morgan fingerprint density at radius 3 is 2.03 bits per heavy atom. The van der Waals surface area contributed by atoms with Crippen molar-refractivity contribution >= 4 is 34.4 Å². The van der Waals surface area contributed by atoms with Crippen LogP contribution in [-0.2, 0) is 16.0 Å². The largest absolute Gasteiger partial charge is 0.372 e. The van der Waals surface area contributed by atoms with Crippen LogP contribution in [0.5, 0.6) is 0 Å². The molecule has 1 N–H and O–H groups in total. The summed E-state index contributed by atoms with van der Waals surface area (Å²) in [6.07, 6.45) is 4.63. The summed E-state index contributed by atoms with van der Waals surface area (Å²) >= 11 is 0. The fourth-order valence-corrected chi connectivity index (χ4v) is 4.69. The monoisotopic (exact) mass is 451 g/mol. The fourth-order valence-electron chi connectivity index (χ4n) is 4.69. The molecular formula is C29H29N3O2. The zero-order chi connectivity index (χ0) is 23.5. The maximum absolute atomic E-state index is 13.5. The number of rotatable bonds is 6. The molecule has 1 fully saturated rings. The first kappa shape index (κ1) is 22.0. The third-order valence-corrected chi connectivity index (χ3v) is 6.61. The summed E-state index contributed by atoms with van der Waals surface area (Å²) in [6, 6.07) is 25.1. The molecule has 172 valence electrons. The van der Waals surface area contributed by atoms with Gasteiger partial charge in [0.2, 0.25) is 0 Å². The Kier molecular flexibility index (Phi) is 6.17. The van der Waals surface area contributed by atoms with Gasteiger partial charge < -0.3 is 10.2 Å². The van der Waals surface area contributed by atoms with Gasteiger partial charge in [-0.15, -0.1) is 0 Å². The summed E-state index contributed by atoms with van der Waals surface area (Å²) < 4.78 is 0. The normalized spacial score (nSPS) is 16.4. The molecule has 0 bridgehead atoms. The Bertz CT molecular complexity index is 1210. The molecule has 2 heterocycles. The highest BCUT2D eigenvalue weighted by molar-refractivity contribution is 6.46. The minimum Gasteiger partial charge on any atom is -0.372 e. The third-order valence-electron chi connectivity index (χ3n) is 6.61. The molecule has 2 amide bonds. The Hall–Kier alpha value is -3.86. The maximum Gasteiger partial charge on any atom is 0.282 e. The second kappa shape index (κ2) is 9.56. The molecule has 0 atom stereocenters. The molecule has 3 aromatic rings. The van der Waals surface area contributed by atoms with E-state index in [0.29, 0.717) is 17.0 Å². The average Bonchev–Trinajstić information content (AvgIpc) is 3.14. The lowest BCUT2D eigenvalue weighted by molar-refractivity contribution is -0.120. The first-order valence-corrected chi connectivity index (χ1v) is 12.0. The van der Waals surface area contributed by atoms with E-state index in [0.717, 1.165) is 36.3 Å². The Labute approximate surface area is 200 Å². The highest BCUT2D eigenvalue weighted by Crippen LogP contribution is 2.34. The minimum atomic E-state index is -0.340. The van der Waals surface area contributed by atoms with Crippen molar-refractivity contribution in [3.05, 3.63) is 95.7 Å². The van der Waals surface area contributed by atoms with Crippen LogP contribution in [0.3, 0.4) is 0 Å². The molecule has 0 spiro atoms. The predicted molar refractivity (Wildman–Crippen MR) is 138 cm³/mol. The van der Waals surface area contributed by atoms with Gasteiger partial charge in [-0.05, 0) is 73.2 Å².